The molecule has 0 aliphatic carbocycles. The van der Waals surface area contributed by atoms with Crippen molar-refractivity contribution < 1.29 is 19.4 Å². The smallest absolute Gasteiger partial charge is 0.311 e. The van der Waals surface area contributed by atoms with E-state index in [2.05, 4.69) is 0 Å². The molecule has 5 heteroatoms. The summed E-state index contributed by atoms with van der Waals surface area (Å²) in [5.41, 5.74) is 6.08. The third-order valence-corrected chi connectivity index (χ3v) is 2.56. The zero-order valence-corrected chi connectivity index (χ0v) is 9.97. The molecule has 1 aromatic carbocycles. The summed E-state index contributed by atoms with van der Waals surface area (Å²) in [7, 11) is 3.05. The quantitative estimate of drug-likeness (QED) is 0.780. The summed E-state index contributed by atoms with van der Waals surface area (Å²) in [5, 5.41) is 9.12. The molecule has 0 aromatic heterocycles. The Bertz CT molecular complexity index is 392. The molecule has 1 atom stereocenters. The van der Waals surface area contributed by atoms with E-state index in [9.17, 15) is 4.79 Å². The lowest BCUT2D eigenvalue weighted by Crippen LogP contribution is -2.16. The molecular weight excluding hydrogens is 222 g/mol. The summed E-state index contributed by atoms with van der Waals surface area (Å²) in [6, 6.07) is 5.09. The molecule has 0 spiro atoms. The van der Waals surface area contributed by atoms with Gasteiger partial charge in [0.25, 0.3) is 0 Å². The van der Waals surface area contributed by atoms with Crippen LogP contribution in [0.15, 0.2) is 18.2 Å². The van der Waals surface area contributed by atoms with Crippen molar-refractivity contribution in [2.24, 2.45) is 5.73 Å². The number of aliphatic carboxylic acids is 1. The maximum absolute atomic E-state index is 11.1. The van der Waals surface area contributed by atoms with Crippen LogP contribution in [0.3, 0.4) is 0 Å². The molecule has 0 saturated heterocycles. The topological polar surface area (TPSA) is 81.8 Å². The van der Waals surface area contributed by atoms with Crippen molar-refractivity contribution in [2.45, 2.75) is 12.3 Å². The van der Waals surface area contributed by atoms with E-state index in [1.165, 1.54) is 14.2 Å². The second-order valence-corrected chi connectivity index (χ2v) is 3.58. The van der Waals surface area contributed by atoms with Crippen LogP contribution in [0.1, 0.15) is 17.9 Å². The lowest BCUT2D eigenvalue weighted by atomic mass is 9.95. The first kappa shape index (κ1) is 13.3. The van der Waals surface area contributed by atoms with Crippen molar-refractivity contribution in [3.05, 3.63) is 23.8 Å². The molecule has 0 aliphatic heterocycles. The monoisotopic (exact) mass is 239 g/mol. The van der Waals surface area contributed by atoms with Crippen molar-refractivity contribution in [2.75, 3.05) is 20.8 Å². The van der Waals surface area contributed by atoms with Crippen LogP contribution in [0.25, 0.3) is 0 Å². The Morgan fingerprint density at radius 1 is 1.35 bits per heavy atom. The van der Waals surface area contributed by atoms with Gasteiger partial charge in [-0.15, -0.1) is 0 Å². The van der Waals surface area contributed by atoms with Crippen molar-refractivity contribution in [1.82, 2.24) is 0 Å². The normalized spacial score (nSPS) is 11.9. The Hall–Kier alpha value is -1.75. The molecule has 94 valence electrons. The first-order valence-electron chi connectivity index (χ1n) is 5.28. The standard InChI is InChI=1S/C12H17NO4/c1-16-10-4-3-8(7-11(10)17-2)9(5-6-13)12(14)15/h3-4,7,9H,5-6,13H2,1-2H3,(H,14,15). The van der Waals surface area contributed by atoms with E-state index in [1.807, 2.05) is 0 Å². The minimum atomic E-state index is -0.886. The van der Waals surface area contributed by atoms with Crippen LogP contribution < -0.4 is 15.2 Å². The summed E-state index contributed by atoms with van der Waals surface area (Å²) in [5.74, 6) is -0.399. The van der Waals surface area contributed by atoms with Gasteiger partial charge in [-0.1, -0.05) is 6.07 Å². The van der Waals surface area contributed by atoms with Gasteiger partial charge in [0, 0.05) is 0 Å². The van der Waals surface area contributed by atoms with Crippen LogP contribution in [-0.2, 0) is 4.79 Å². The molecule has 3 N–H and O–H groups in total. The third kappa shape index (κ3) is 3.10. The summed E-state index contributed by atoms with van der Waals surface area (Å²) in [6.45, 7) is 0.325. The van der Waals surface area contributed by atoms with Gasteiger partial charge in [-0.05, 0) is 30.7 Å². The fourth-order valence-electron chi connectivity index (χ4n) is 1.67. The van der Waals surface area contributed by atoms with Crippen molar-refractivity contribution >= 4 is 5.97 Å². The van der Waals surface area contributed by atoms with Crippen molar-refractivity contribution in [3.63, 3.8) is 0 Å². The number of rotatable bonds is 6. The van der Waals surface area contributed by atoms with Crippen LogP contribution in [0.2, 0.25) is 0 Å². The van der Waals surface area contributed by atoms with Crippen LogP contribution in [0, 0.1) is 0 Å². The Morgan fingerprint density at radius 3 is 2.47 bits per heavy atom. The van der Waals surface area contributed by atoms with Crippen LogP contribution in [-0.4, -0.2) is 31.8 Å². The Kier molecular flexibility index (Phi) is 4.78. The first-order valence-corrected chi connectivity index (χ1v) is 5.28. The third-order valence-electron chi connectivity index (χ3n) is 2.56. The summed E-state index contributed by atoms with van der Waals surface area (Å²) < 4.78 is 10.2. The van der Waals surface area contributed by atoms with Gasteiger partial charge in [0.15, 0.2) is 11.5 Å². The maximum Gasteiger partial charge on any atom is 0.311 e. The molecule has 17 heavy (non-hydrogen) atoms. The van der Waals surface area contributed by atoms with E-state index in [4.69, 9.17) is 20.3 Å². The number of carboxylic acids is 1. The number of nitrogens with two attached hydrogens (primary N) is 1. The number of hydrogen-bond acceptors (Lipinski definition) is 4. The zero-order valence-electron chi connectivity index (χ0n) is 9.97. The maximum atomic E-state index is 11.1. The Balaban J connectivity index is 3.08. The summed E-state index contributed by atoms with van der Waals surface area (Å²) in [6.07, 6.45) is 0.394. The summed E-state index contributed by atoms with van der Waals surface area (Å²) >= 11 is 0. The Labute approximate surface area is 100 Å². The fourth-order valence-corrected chi connectivity index (χ4v) is 1.67. The number of benzene rings is 1. The van der Waals surface area contributed by atoms with Crippen LogP contribution in [0.5, 0.6) is 11.5 Å². The van der Waals surface area contributed by atoms with Gasteiger partial charge in [-0.2, -0.15) is 0 Å². The van der Waals surface area contributed by atoms with Gasteiger partial charge in [-0.3, -0.25) is 4.79 Å². The van der Waals surface area contributed by atoms with Gasteiger partial charge in [0.05, 0.1) is 20.1 Å². The average molecular weight is 239 g/mol. The van der Waals surface area contributed by atoms with E-state index < -0.39 is 11.9 Å². The molecule has 0 aliphatic rings. The second-order valence-electron chi connectivity index (χ2n) is 3.58. The van der Waals surface area contributed by atoms with E-state index in [0.29, 0.717) is 30.0 Å². The molecule has 5 nitrogen and oxygen atoms in total. The van der Waals surface area contributed by atoms with Crippen LogP contribution in [0.4, 0.5) is 0 Å². The Morgan fingerprint density at radius 2 is 2.00 bits per heavy atom. The molecule has 0 saturated carbocycles. The first-order chi connectivity index (χ1) is 8.13. The minimum Gasteiger partial charge on any atom is -0.493 e. The lowest BCUT2D eigenvalue weighted by molar-refractivity contribution is -0.138. The molecule has 1 aromatic rings. The largest absolute Gasteiger partial charge is 0.493 e. The van der Waals surface area contributed by atoms with Gasteiger partial charge in [0.2, 0.25) is 0 Å². The molecule has 0 bridgehead atoms. The highest BCUT2D eigenvalue weighted by Gasteiger charge is 2.20. The highest BCUT2D eigenvalue weighted by Crippen LogP contribution is 2.31. The molecule has 0 fully saturated rings. The van der Waals surface area contributed by atoms with E-state index in [0.717, 1.165) is 0 Å². The lowest BCUT2D eigenvalue weighted by Gasteiger charge is -2.14. The van der Waals surface area contributed by atoms with Crippen molar-refractivity contribution in [1.29, 1.82) is 0 Å². The number of methoxy groups -OCH3 is 2. The predicted octanol–water partition coefficient (Wildman–Crippen LogP) is 1.22. The number of hydrogen-bond donors (Lipinski definition) is 2. The SMILES string of the molecule is COc1ccc(C(CCN)C(=O)O)cc1OC. The average Bonchev–Trinajstić information content (AvgIpc) is 2.34. The predicted molar refractivity (Wildman–Crippen MR) is 63.6 cm³/mol. The van der Waals surface area contributed by atoms with Gasteiger partial charge < -0.3 is 20.3 Å². The van der Waals surface area contributed by atoms with Gasteiger partial charge in [0.1, 0.15) is 0 Å². The second kappa shape index (κ2) is 6.10. The van der Waals surface area contributed by atoms with E-state index >= 15 is 0 Å². The van der Waals surface area contributed by atoms with Crippen LogP contribution >= 0.6 is 0 Å². The molecular formula is C12H17NO4. The number of carbonyl (C=O) groups is 1. The zero-order chi connectivity index (χ0) is 12.8. The highest BCUT2D eigenvalue weighted by molar-refractivity contribution is 5.76. The number of carboxylic acid groups (broad SMARTS) is 1. The van der Waals surface area contributed by atoms with E-state index in [-0.39, 0.29) is 0 Å². The molecule has 1 unspecified atom stereocenters. The molecule has 1 rings (SSSR count). The van der Waals surface area contributed by atoms with Crippen molar-refractivity contribution in [3.8, 4) is 11.5 Å². The fraction of sp³-hybridized carbons (Fsp3) is 0.417. The summed E-state index contributed by atoms with van der Waals surface area (Å²) in [4.78, 5) is 11.1. The number of ether oxygens (including phenoxy) is 2. The van der Waals surface area contributed by atoms with E-state index in [1.54, 1.807) is 18.2 Å². The highest BCUT2D eigenvalue weighted by atomic mass is 16.5. The molecule has 0 heterocycles. The molecule has 0 amide bonds. The molecule has 0 radical (unpaired) electrons. The minimum absolute atomic E-state index is 0.325. The van der Waals surface area contributed by atoms with Gasteiger partial charge in [-0.25, -0.2) is 0 Å². The van der Waals surface area contributed by atoms with Gasteiger partial charge >= 0.3 is 5.97 Å².